The first kappa shape index (κ1) is 16.8. The average Bonchev–Trinajstić information content (AvgIpc) is 3.15. The fourth-order valence-electron chi connectivity index (χ4n) is 2.31. The van der Waals surface area contributed by atoms with Crippen molar-refractivity contribution >= 4 is 23.2 Å². The van der Waals surface area contributed by atoms with Crippen LogP contribution in [0.4, 0.5) is 4.39 Å². The number of primary amides is 1. The first-order valence-corrected chi connectivity index (χ1v) is 8.28. The molecule has 3 N–H and O–H groups in total. The zero-order valence-corrected chi connectivity index (χ0v) is 13.8. The maximum Gasteiger partial charge on any atom is 0.270 e. The molecular weight excluding hydrogens is 341 g/mol. The van der Waals surface area contributed by atoms with Crippen LogP contribution in [-0.4, -0.2) is 16.8 Å². The van der Waals surface area contributed by atoms with Gasteiger partial charge < -0.3 is 11.1 Å². The lowest BCUT2D eigenvalue weighted by molar-refractivity contribution is 0.0936. The quantitative estimate of drug-likeness (QED) is 0.738. The molecule has 2 amide bonds. The molecule has 0 aliphatic rings. The third kappa shape index (κ3) is 3.89. The maximum atomic E-state index is 13.2. The van der Waals surface area contributed by atoms with E-state index in [9.17, 15) is 14.0 Å². The monoisotopic (exact) mass is 355 g/mol. The number of nitrogens with one attached hydrogen (secondary N) is 1. The lowest BCUT2D eigenvalue weighted by Crippen LogP contribution is -2.29. The molecule has 1 atom stereocenters. The molecule has 25 heavy (non-hydrogen) atoms. The smallest absolute Gasteiger partial charge is 0.270 e. The van der Waals surface area contributed by atoms with E-state index >= 15 is 0 Å². The molecule has 0 unspecified atom stereocenters. The maximum absolute atomic E-state index is 13.2. The molecule has 0 aliphatic carbocycles. The van der Waals surface area contributed by atoms with E-state index in [-0.39, 0.29) is 17.1 Å². The van der Waals surface area contributed by atoms with Gasteiger partial charge in [0.15, 0.2) is 0 Å². The summed E-state index contributed by atoms with van der Waals surface area (Å²) >= 11 is 1.48. The third-order valence-electron chi connectivity index (χ3n) is 3.59. The minimum atomic E-state index is -0.609. The number of aromatic nitrogens is 1. The summed E-state index contributed by atoms with van der Waals surface area (Å²) in [6.07, 6.45) is 1.26. The van der Waals surface area contributed by atoms with Crippen LogP contribution in [0.25, 0.3) is 0 Å². The molecule has 3 aromatic rings. The van der Waals surface area contributed by atoms with E-state index in [4.69, 9.17) is 5.73 Å². The summed E-state index contributed by atoms with van der Waals surface area (Å²) in [7, 11) is 0. The highest BCUT2D eigenvalue weighted by Gasteiger charge is 2.19. The highest BCUT2D eigenvalue weighted by molar-refractivity contribution is 7.10. The molecule has 0 spiro atoms. The molecule has 2 aromatic heterocycles. The van der Waals surface area contributed by atoms with Gasteiger partial charge in [0.2, 0.25) is 5.91 Å². The molecule has 0 saturated heterocycles. The van der Waals surface area contributed by atoms with Gasteiger partial charge >= 0.3 is 0 Å². The van der Waals surface area contributed by atoms with Gasteiger partial charge in [-0.25, -0.2) is 4.39 Å². The normalized spacial score (nSPS) is 11.7. The van der Waals surface area contributed by atoms with E-state index in [2.05, 4.69) is 10.3 Å². The van der Waals surface area contributed by atoms with Crippen LogP contribution < -0.4 is 11.1 Å². The van der Waals surface area contributed by atoms with Crippen molar-refractivity contribution in [3.8, 4) is 0 Å². The zero-order chi connectivity index (χ0) is 17.8. The Kier molecular flexibility index (Phi) is 4.85. The van der Waals surface area contributed by atoms with Crippen LogP contribution in [0.2, 0.25) is 0 Å². The second kappa shape index (κ2) is 7.23. The predicted octanol–water partition coefficient (Wildman–Crippen LogP) is 2.90. The summed E-state index contributed by atoms with van der Waals surface area (Å²) in [4.78, 5) is 28.5. The second-order valence-corrected chi connectivity index (χ2v) is 6.25. The summed E-state index contributed by atoms with van der Waals surface area (Å²) in [5, 5.41) is 4.79. The summed E-state index contributed by atoms with van der Waals surface area (Å²) in [6.45, 7) is 0. The number of hydrogen-bond donors (Lipinski definition) is 2. The van der Waals surface area contributed by atoms with E-state index in [0.717, 1.165) is 10.4 Å². The van der Waals surface area contributed by atoms with Crippen molar-refractivity contribution in [1.82, 2.24) is 10.3 Å². The van der Waals surface area contributed by atoms with Gasteiger partial charge in [0.25, 0.3) is 5.91 Å². The van der Waals surface area contributed by atoms with Crippen molar-refractivity contribution in [2.45, 2.75) is 6.04 Å². The van der Waals surface area contributed by atoms with Crippen molar-refractivity contribution in [2.75, 3.05) is 0 Å². The summed E-state index contributed by atoms with van der Waals surface area (Å²) < 4.78 is 13.2. The van der Waals surface area contributed by atoms with Gasteiger partial charge in [0.05, 0.1) is 11.6 Å². The highest BCUT2D eigenvalue weighted by Crippen LogP contribution is 2.26. The molecule has 2 heterocycles. The van der Waals surface area contributed by atoms with Crippen molar-refractivity contribution in [2.24, 2.45) is 5.73 Å². The Balaban J connectivity index is 1.86. The van der Waals surface area contributed by atoms with Gasteiger partial charge in [-0.3, -0.25) is 14.6 Å². The molecule has 0 fully saturated rings. The molecule has 7 heteroatoms. The Labute approximate surface area is 147 Å². The van der Waals surface area contributed by atoms with Gasteiger partial charge in [-0.1, -0.05) is 18.2 Å². The van der Waals surface area contributed by atoms with Crippen molar-refractivity contribution in [1.29, 1.82) is 0 Å². The van der Waals surface area contributed by atoms with E-state index in [1.807, 2.05) is 17.5 Å². The third-order valence-corrected chi connectivity index (χ3v) is 4.52. The van der Waals surface area contributed by atoms with Crippen molar-refractivity contribution < 1.29 is 14.0 Å². The topological polar surface area (TPSA) is 85.1 Å². The largest absolute Gasteiger partial charge is 0.366 e. The number of amides is 2. The Morgan fingerprint density at radius 1 is 1.12 bits per heavy atom. The van der Waals surface area contributed by atoms with E-state index in [1.54, 1.807) is 12.1 Å². The lowest BCUT2D eigenvalue weighted by atomic mass is 10.0. The number of thiophene rings is 1. The van der Waals surface area contributed by atoms with E-state index in [0.29, 0.717) is 0 Å². The molecule has 5 nitrogen and oxygen atoms in total. The first-order valence-electron chi connectivity index (χ1n) is 7.40. The minimum absolute atomic E-state index is 0.161. The Hall–Kier alpha value is -3.06. The number of carbonyl (C=O) groups excluding carboxylic acids is 2. The number of rotatable bonds is 5. The number of carbonyl (C=O) groups is 2. The molecule has 0 saturated carbocycles. The highest BCUT2D eigenvalue weighted by atomic mass is 32.1. The average molecular weight is 355 g/mol. The summed E-state index contributed by atoms with van der Waals surface area (Å²) in [5.74, 6) is -1.36. The van der Waals surface area contributed by atoms with Crippen LogP contribution >= 0.6 is 11.3 Å². The van der Waals surface area contributed by atoms with Gasteiger partial charge in [0.1, 0.15) is 11.5 Å². The van der Waals surface area contributed by atoms with E-state index in [1.165, 1.54) is 41.8 Å². The molecule has 3 rings (SSSR count). The number of nitrogens with zero attached hydrogens (tertiary/aromatic N) is 1. The summed E-state index contributed by atoms with van der Waals surface area (Å²) in [5.41, 5.74) is 6.31. The van der Waals surface area contributed by atoms with Gasteiger partial charge in [-0.15, -0.1) is 11.3 Å². The van der Waals surface area contributed by atoms with Crippen molar-refractivity contribution in [3.05, 3.63) is 87.6 Å². The van der Waals surface area contributed by atoms with Crippen LogP contribution in [0.15, 0.2) is 60.1 Å². The van der Waals surface area contributed by atoms with E-state index < -0.39 is 17.9 Å². The number of pyridine rings is 1. The van der Waals surface area contributed by atoms with Crippen molar-refractivity contribution in [3.63, 3.8) is 0 Å². The number of halogens is 1. The van der Waals surface area contributed by atoms with Crippen LogP contribution in [0, 0.1) is 5.82 Å². The molecule has 0 aliphatic heterocycles. The number of nitrogens with two attached hydrogens (primary N) is 1. The van der Waals surface area contributed by atoms with Gasteiger partial charge in [-0.05, 0) is 41.3 Å². The summed E-state index contributed by atoms with van der Waals surface area (Å²) in [6, 6.07) is 12.2. The standard InChI is InChI=1S/C18H14FN3O2S/c19-13-6-3-11(4-7-13)16(15-2-1-9-25-15)22-18(24)14-8-5-12(10-21-14)17(20)23/h1-10,16H,(H2,20,23)(H,22,24)/t16-/m1/s1. The Morgan fingerprint density at radius 2 is 1.88 bits per heavy atom. The number of benzene rings is 1. The molecular formula is C18H14FN3O2S. The second-order valence-electron chi connectivity index (χ2n) is 5.27. The van der Waals surface area contributed by atoms with Gasteiger partial charge in [-0.2, -0.15) is 0 Å². The number of hydrogen-bond acceptors (Lipinski definition) is 4. The SMILES string of the molecule is NC(=O)c1ccc(C(=O)N[C@H](c2ccc(F)cc2)c2cccs2)nc1. The van der Waals surface area contributed by atoms with Crippen LogP contribution in [0.1, 0.15) is 37.3 Å². The molecule has 0 bridgehead atoms. The minimum Gasteiger partial charge on any atom is -0.366 e. The molecule has 0 radical (unpaired) electrons. The fraction of sp³-hybridized carbons (Fsp3) is 0.0556. The predicted molar refractivity (Wildman–Crippen MR) is 92.8 cm³/mol. The van der Waals surface area contributed by atoms with Crippen LogP contribution in [-0.2, 0) is 0 Å². The Morgan fingerprint density at radius 3 is 2.44 bits per heavy atom. The van der Waals surface area contributed by atoms with Crippen LogP contribution in [0.3, 0.4) is 0 Å². The van der Waals surface area contributed by atoms with Gasteiger partial charge in [0, 0.05) is 11.1 Å². The zero-order valence-electron chi connectivity index (χ0n) is 13.0. The molecule has 1 aromatic carbocycles. The van der Waals surface area contributed by atoms with Crippen LogP contribution in [0.5, 0.6) is 0 Å². The lowest BCUT2D eigenvalue weighted by Gasteiger charge is -2.18. The Bertz CT molecular complexity index is 878. The first-order chi connectivity index (χ1) is 12.0. The fourth-order valence-corrected chi connectivity index (χ4v) is 3.11. The molecule has 126 valence electrons.